The van der Waals surface area contributed by atoms with Crippen molar-refractivity contribution < 1.29 is 24.5 Å². The van der Waals surface area contributed by atoms with E-state index in [4.69, 9.17) is 9.40 Å². The van der Waals surface area contributed by atoms with Gasteiger partial charge in [0, 0.05) is 38.2 Å². The predicted molar refractivity (Wildman–Crippen MR) is 168 cm³/mol. The van der Waals surface area contributed by atoms with Gasteiger partial charge in [-0.3, -0.25) is 4.98 Å². The van der Waals surface area contributed by atoms with Crippen molar-refractivity contribution in [3.05, 3.63) is 115 Å². The molecule has 0 saturated heterocycles. The van der Waals surface area contributed by atoms with Crippen LogP contribution in [0, 0.1) is 12.1 Å². The zero-order chi connectivity index (χ0) is 27.7. The molecule has 41 heavy (non-hydrogen) atoms. The minimum atomic E-state index is -1.23. The number of nitrogens with zero attached hydrogens (tertiary/aromatic N) is 3. The van der Waals surface area contributed by atoms with Gasteiger partial charge in [0.15, 0.2) is 0 Å². The van der Waals surface area contributed by atoms with Crippen molar-refractivity contribution in [3.8, 4) is 22.6 Å². The minimum Gasteiger partial charge on any atom is -0.501 e. The summed E-state index contributed by atoms with van der Waals surface area (Å²) in [6.07, 6.45) is 2.02. The minimum absolute atomic E-state index is 0. The third kappa shape index (κ3) is 5.69. The van der Waals surface area contributed by atoms with Crippen molar-refractivity contribution in [1.82, 2.24) is 14.5 Å². The molecule has 3 heterocycles. The van der Waals surface area contributed by atoms with Crippen LogP contribution in [-0.4, -0.2) is 22.6 Å². The van der Waals surface area contributed by atoms with Crippen molar-refractivity contribution in [2.45, 2.75) is 33.1 Å². The third-order valence-corrected chi connectivity index (χ3v) is 9.18. The van der Waals surface area contributed by atoms with Gasteiger partial charge in [-0.05, 0) is 36.0 Å². The topological polar surface area (TPSA) is 43.9 Å². The van der Waals surface area contributed by atoms with Crippen molar-refractivity contribution in [2.24, 2.45) is 0 Å². The molecule has 0 unspecified atom stereocenters. The van der Waals surface area contributed by atoms with Gasteiger partial charge in [0.05, 0.1) is 30.5 Å². The van der Waals surface area contributed by atoms with Crippen LogP contribution in [0.25, 0.3) is 55.6 Å². The van der Waals surface area contributed by atoms with Crippen molar-refractivity contribution >= 4 is 46.2 Å². The number of aromatic nitrogens is 3. The van der Waals surface area contributed by atoms with E-state index in [0.717, 1.165) is 62.2 Å². The molecule has 4 aromatic carbocycles. The summed E-state index contributed by atoms with van der Waals surface area (Å²) >= 11 is 0. The fourth-order valence-corrected chi connectivity index (χ4v) is 6.03. The van der Waals surface area contributed by atoms with Crippen LogP contribution < -0.4 is 5.19 Å². The Bertz CT molecular complexity index is 1920. The zero-order valence-corrected chi connectivity index (χ0v) is 27.0. The molecule has 0 aliphatic rings. The van der Waals surface area contributed by atoms with Crippen LogP contribution in [0.15, 0.2) is 108 Å². The molecule has 7 aromatic rings. The van der Waals surface area contributed by atoms with E-state index in [-0.39, 0.29) is 20.1 Å². The monoisotopic (exact) mass is 730 g/mol. The number of rotatable bonds is 4. The molecular weight excluding hydrogens is 699 g/mol. The molecule has 4 nitrogen and oxygen atoms in total. The van der Waals surface area contributed by atoms with E-state index in [2.05, 4.69) is 78.6 Å². The summed E-state index contributed by atoms with van der Waals surface area (Å²) in [6, 6.07) is 39.1. The first-order valence-electron chi connectivity index (χ1n) is 13.6. The maximum atomic E-state index is 6.15. The quantitative estimate of drug-likeness (QED) is 0.135. The number of furan rings is 1. The molecule has 0 fully saturated rings. The smallest absolute Gasteiger partial charge is 0.120 e. The van der Waals surface area contributed by atoms with Crippen molar-refractivity contribution in [3.63, 3.8) is 0 Å². The largest absolute Gasteiger partial charge is 0.501 e. The number of pyridine rings is 1. The van der Waals surface area contributed by atoms with E-state index in [1.807, 2.05) is 72.9 Å². The van der Waals surface area contributed by atoms with Crippen LogP contribution in [0.2, 0.25) is 19.6 Å². The fourth-order valence-electron chi connectivity index (χ4n) is 4.99. The molecule has 6 heteroatoms. The predicted octanol–water partition coefficient (Wildman–Crippen LogP) is 8.51. The average molecular weight is 730 g/mol. The number of aryl methyl sites for hydroxylation is 1. The second-order valence-corrected chi connectivity index (χ2v) is 15.9. The second-order valence-electron chi connectivity index (χ2n) is 10.8. The Morgan fingerprint density at radius 2 is 1.59 bits per heavy atom. The second kappa shape index (κ2) is 12.0. The van der Waals surface area contributed by atoms with Crippen molar-refractivity contribution in [1.29, 1.82) is 0 Å². The fraction of sp³-hybridized carbons (Fsp3) is 0.143. The van der Waals surface area contributed by atoms with Crippen LogP contribution in [0.1, 0.15) is 6.92 Å². The summed E-state index contributed by atoms with van der Waals surface area (Å²) in [7, 11) is -1.23. The number of para-hydroxylation sites is 3. The van der Waals surface area contributed by atoms with Gasteiger partial charge in [-0.1, -0.05) is 73.1 Å². The summed E-state index contributed by atoms with van der Waals surface area (Å²) in [5, 5.41) is 3.63. The van der Waals surface area contributed by atoms with Gasteiger partial charge >= 0.3 is 0 Å². The molecule has 1 radical (unpaired) electrons. The van der Waals surface area contributed by atoms with Crippen molar-refractivity contribution in [2.75, 3.05) is 0 Å². The Hall–Kier alpha value is -3.83. The maximum Gasteiger partial charge on any atom is 0.120 e. The van der Waals surface area contributed by atoms with Crippen LogP contribution in [-0.2, 0) is 26.7 Å². The molecule has 0 atom stereocenters. The zero-order valence-electron chi connectivity index (χ0n) is 23.6. The third-order valence-electron chi connectivity index (χ3n) is 7.15. The molecule has 0 amide bonds. The summed E-state index contributed by atoms with van der Waals surface area (Å²) in [6.45, 7) is 9.98. The molecule has 0 spiro atoms. The molecule has 0 aliphatic carbocycles. The van der Waals surface area contributed by atoms with Gasteiger partial charge in [-0.25, -0.2) is 0 Å². The van der Waals surface area contributed by atoms with Crippen LogP contribution in [0.5, 0.6) is 0 Å². The Kier molecular flexibility index (Phi) is 8.36. The SMILES string of the molecule is CCn1c(-c2[c-]ccc3c2oc2ccccc23)nc2ccccc21.C[Si](C)(C)c1ccc(-c2[c-]cccc2)nc1.[Ir]. The van der Waals surface area contributed by atoms with Gasteiger partial charge < -0.3 is 14.0 Å². The first-order chi connectivity index (χ1) is 19.4. The first kappa shape index (κ1) is 28.7. The summed E-state index contributed by atoms with van der Waals surface area (Å²) in [5.41, 5.74) is 6.86. The molecule has 0 saturated carbocycles. The Morgan fingerprint density at radius 3 is 2.32 bits per heavy atom. The average Bonchev–Trinajstić information content (AvgIpc) is 3.56. The molecule has 0 bridgehead atoms. The maximum absolute atomic E-state index is 6.15. The summed E-state index contributed by atoms with van der Waals surface area (Å²) in [5.74, 6) is 0.906. The van der Waals surface area contributed by atoms with E-state index >= 15 is 0 Å². The molecular formula is C35H31IrN3OSi-2. The summed E-state index contributed by atoms with van der Waals surface area (Å²) < 4.78 is 8.36. The van der Waals surface area contributed by atoms with Crippen LogP contribution in [0.3, 0.4) is 0 Å². The van der Waals surface area contributed by atoms with E-state index in [0.29, 0.717) is 0 Å². The standard InChI is InChI=1S/C21H15N2O.C14H16NSi.Ir/c1-2-23-18-12-5-4-11-17(18)22-21(23)16-10-7-9-15-14-8-3-6-13-19(14)24-20(15)16;1-16(2,3)13-9-10-14(15-11-13)12-7-5-4-6-8-12;/h3-9,11-13H,2H2,1H3;4-7,9-11H,1-3H3;/q2*-1;. The van der Waals surface area contributed by atoms with E-state index in [1.165, 1.54) is 5.19 Å². The van der Waals surface area contributed by atoms with Gasteiger partial charge in [0.1, 0.15) is 5.58 Å². The van der Waals surface area contributed by atoms with E-state index < -0.39 is 8.07 Å². The number of fused-ring (bicyclic) bond motifs is 4. The normalized spacial score (nSPS) is 11.3. The molecule has 7 rings (SSSR count). The van der Waals surface area contributed by atoms with E-state index in [1.54, 1.807) is 0 Å². The Labute approximate surface area is 255 Å². The first-order valence-corrected chi connectivity index (χ1v) is 17.1. The van der Waals surface area contributed by atoms with Crippen LogP contribution >= 0.6 is 0 Å². The van der Waals surface area contributed by atoms with Gasteiger partial charge in [0.25, 0.3) is 0 Å². The number of imidazole rings is 1. The molecule has 3 aromatic heterocycles. The summed E-state index contributed by atoms with van der Waals surface area (Å²) in [4.78, 5) is 9.36. The molecule has 0 N–H and O–H groups in total. The number of hydrogen-bond acceptors (Lipinski definition) is 3. The Balaban J connectivity index is 0.000000175. The Morgan fingerprint density at radius 1 is 0.805 bits per heavy atom. The number of benzene rings is 4. The molecule has 0 aliphatic heterocycles. The van der Waals surface area contributed by atoms with Gasteiger partial charge in [0.2, 0.25) is 0 Å². The van der Waals surface area contributed by atoms with Gasteiger partial charge in [-0.15, -0.1) is 54.1 Å². The molecule has 207 valence electrons. The van der Waals surface area contributed by atoms with E-state index in [9.17, 15) is 0 Å². The number of hydrogen-bond donors (Lipinski definition) is 0. The van der Waals surface area contributed by atoms with Crippen LogP contribution in [0.4, 0.5) is 0 Å². The van der Waals surface area contributed by atoms with Gasteiger partial charge in [-0.2, -0.15) is 0 Å².